The van der Waals surface area contributed by atoms with Crippen molar-refractivity contribution >= 4 is 28.7 Å². The number of hydrogen-bond acceptors (Lipinski definition) is 7. The summed E-state index contributed by atoms with van der Waals surface area (Å²) in [6.45, 7) is 0.531. The second-order valence-electron chi connectivity index (χ2n) is 5.27. The van der Waals surface area contributed by atoms with Crippen molar-refractivity contribution in [1.82, 2.24) is 19.5 Å². The van der Waals surface area contributed by atoms with Gasteiger partial charge >= 0.3 is 5.97 Å². The van der Waals surface area contributed by atoms with Crippen LogP contribution in [0.25, 0.3) is 11.2 Å². The summed E-state index contributed by atoms with van der Waals surface area (Å²) in [6, 6.07) is 9.71. The molecule has 126 valence electrons. The third-order valence-electron chi connectivity index (χ3n) is 3.60. The molecule has 0 aliphatic carbocycles. The summed E-state index contributed by atoms with van der Waals surface area (Å²) in [6.07, 6.45) is 2.18. The number of methoxy groups -OCH3 is 1. The second-order valence-corrected chi connectivity index (χ2v) is 5.27. The van der Waals surface area contributed by atoms with Crippen molar-refractivity contribution < 1.29 is 19.1 Å². The molecule has 0 N–H and O–H groups in total. The van der Waals surface area contributed by atoms with E-state index in [9.17, 15) is 14.4 Å². The minimum atomic E-state index is -1.06. The number of benzene rings is 1. The van der Waals surface area contributed by atoms with Crippen LogP contribution in [0, 0.1) is 0 Å². The molecule has 0 fully saturated rings. The Hall–Kier alpha value is -3.42. The number of ketones is 2. The number of carbonyl (C=O) groups is 3. The zero-order valence-electron chi connectivity index (χ0n) is 13.4. The molecular formula is C17H14N4O4. The number of aromatic nitrogens is 4. The Morgan fingerprint density at radius 2 is 1.84 bits per heavy atom. The Morgan fingerprint density at radius 3 is 2.56 bits per heavy atom. The largest absolute Gasteiger partial charge is 0.463 e. The van der Waals surface area contributed by atoms with Gasteiger partial charge in [0.2, 0.25) is 5.78 Å². The zero-order valence-corrected chi connectivity index (χ0v) is 13.4. The van der Waals surface area contributed by atoms with E-state index < -0.39 is 24.0 Å². The summed E-state index contributed by atoms with van der Waals surface area (Å²) in [7, 11) is 1.08. The molecule has 0 atom stereocenters. The van der Waals surface area contributed by atoms with Crippen LogP contribution in [0.4, 0.5) is 0 Å². The lowest BCUT2D eigenvalue weighted by molar-refractivity contribution is -0.151. The molecule has 1 aromatic carbocycles. The van der Waals surface area contributed by atoms with Crippen LogP contribution in [0.1, 0.15) is 22.5 Å². The van der Waals surface area contributed by atoms with Crippen LogP contribution in [0.2, 0.25) is 0 Å². The normalized spacial score (nSPS) is 10.6. The molecule has 0 amide bonds. The maximum absolute atomic E-state index is 12.3. The van der Waals surface area contributed by atoms with E-state index in [1.54, 1.807) is 10.9 Å². The number of ether oxygens (including phenoxy) is 1. The highest BCUT2D eigenvalue weighted by atomic mass is 16.5. The van der Waals surface area contributed by atoms with E-state index in [4.69, 9.17) is 0 Å². The van der Waals surface area contributed by atoms with Crippen LogP contribution in [0.5, 0.6) is 0 Å². The first-order valence-corrected chi connectivity index (χ1v) is 7.44. The SMILES string of the molecule is COC(=O)C(=O)CC(=O)c1ncnc2c1ncn2Cc1ccccc1. The van der Waals surface area contributed by atoms with E-state index in [0.717, 1.165) is 12.7 Å². The lowest BCUT2D eigenvalue weighted by Gasteiger charge is -2.04. The lowest BCUT2D eigenvalue weighted by Crippen LogP contribution is -2.20. The van der Waals surface area contributed by atoms with Gasteiger partial charge in [-0.1, -0.05) is 30.3 Å². The molecule has 0 radical (unpaired) electrons. The van der Waals surface area contributed by atoms with Crippen LogP contribution in [-0.4, -0.2) is 44.2 Å². The summed E-state index contributed by atoms with van der Waals surface area (Å²) in [5.41, 5.74) is 1.83. The minimum Gasteiger partial charge on any atom is -0.463 e. The number of rotatable bonds is 6. The molecule has 2 heterocycles. The van der Waals surface area contributed by atoms with Crippen LogP contribution in [0.15, 0.2) is 43.0 Å². The summed E-state index contributed by atoms with van der Waals surface area (Å²) >= 11 is 0. The van der Waals surface area contributed by atoms with E-state index in [0.29, 0.717) is 17.7 Å². The van der Waals surface area contributed by atoms with Gasteiger partial charge in [0.1, 0.15) is 17.5 Å². The average Bonchev–Trinajstić information content (AvgIpc) is 3.04. The molecule has 0 unspecified atom stereocenters. The highest BCUT2D eigenvalue weighted by molar-refractivity contribution is 6.38. The van der Waals surface area contributed by atoms with Gasteiger partial charge in [0.15, 0.2) is 11.4 Å². The fourth-order valence-electron chi connectivity index (χ4n) is 2.40. The van der Waals surface area contributed by atoms with Gasteiger partial charge in [-0.15, -0.1) is 0 Å². The highest BCUT2D eigenvalue weighted by Crippen LogP contribution is 2.16. The summed E-state index contributed by atoms with van der Waals surface area (Å²) in [4.78, 5) is 47.3. The Labute approximate surface area is 142 Å². The first-order valence-electron chi connectivity index (χ1n) is 7.44. The van der Waals surface area contributed by atoms with Gasteiger partial charge in [0.05, 0.1) is 26.4 Å². The van der Waals surface area contributed by atoms with Gasteiger partial charge in [-0.25, -0.2) is 19.7 Å². The Kier molecular flexibility index (Phi) is 4.60. The van der Waals surface area contributed by atoms with Crippen molar-refractivity contribution in [3.8, 4) is 0 Å². The molecule has 25 heavy (non-hydrogen) atoms. The molecule has 0 aliphatic rings. The molecule has 0 saturated carbocycles. The van der Waals surface area contributed by atoms with Crippen LogP contribution in [0.3, 0.4) is 0 Å². The summed E-state index contributed by atoms with van der Waals surface area (Å²) in [5, 5.41) is 0. The number of esters is 1. The molecular weight excluding hydrogens is 324 g/mol. The molecule has 0 saturated heterocycles. The highest BCUT2D eigenvalue weighted by Gasteiger charge is 2.23. The molecule has 3 aromatic rings. The Balaban J connectivity index is 1.89. The van der Waals surface area contributed by atoms with Gasteiger partial charge < -0.3 is 9.30 Å². The third-order valence-corrected chi connectivity index (χ3v) is 3.60. The smallest absolute Gasteiger partial charge is 0.374 e. The van der Waals surface area contributed by atoms with E-state index in [1.807, 2.05) is 30.3 Å². The van der Waals surface area contributed by atoms with Crippen LogP contribution in [-0.2, 0) is 20.9 Å². The number of fused-ring (bicyclic) bond motifs is 1. The number of Topliss-reactive ketones (excluding diaryl/α,β-unsaturated/α-hetero) is 2. The van der Waals surface area contributed by atoms with E-state index in [-0.39, 0.29) is 5.69 Å². The van der Waals surface area contributed by atoms with Gasteiger partial charge in [-0.3, -0.25) is 9.59 Å². The third kappa shape index (κ3) is 3.42. The van der Waals surface area contributed by atoms with Crippen molar-refractivity contribution in [1.29, 1.82) is 0 Å². The predicted octanol–water partition coefficient (Wildman–Crippen LogP) is 1.19. The summed E-state index contributed by atoms with van der Waals surface area (Å²) in [5.74, 6) is -2.59. The fraction of sp³-hybridized carbons (Fsp3) is 0.176. The van der Waals surface area contributed by atoms with Gasteiger partial charge in [-0.2, -0.15) is 0 Å². The molecule has 2 aromatic heterocycles. The van der Waals surface area contributed by atoms with Crippen LogP contribution < -0.4 is 0 Å². The summed E-state index contributed by atoms with van der Waals surface area (Å²) < 4.78 is 6.10. The predicted molar refractivity (Wildman–Crippen MR) is 86.8 cm³/mol. The topological polar surface area (TPSA) is 104 Å². The van der Waals surface area contributed by atoms with E-state index >= 15 is 0 Å². The number of imidazole rings is 1. The maximum Gasteiger partial charge on any atom is 0.374 e. The monoisotopic (exact) mass is 338 g/mol. The Bertz CT molecular complexity index is 950. The molecule has 0 bridgehead atoms. The maximum atomic E-state index is 12.3. The number of nitrogens with zero attached hydrogens (tertiary/aromatic N) is 4. The number of hydrogen-bond donors (Lipinski definition) is 0. The fourth-order valence-corrected chi connectivity index (χ4v) is 2.40. The van der Waals surface area contributed by atoms with Crippen LogP contribution >= 0.6 is 0 Å². The Morgan fingerprint density at radius 1 is 1.08 bits per heavy atom. The van der Waals surface area contributed by atoms with Crippen molar-refractivity contribution in [3.05, 3.63) is 54.2 Å². The number of carbonyl (C=O) groups excluding carboxylic acids is 3. The molecule has 8 nitrogen and oxygen atoms in total. The second kappa shape index (κ2) is 7.00. The van der Waals surface area contributed by atoms with Gasteiger partial charge in [0, 0.05) is 0 Å². The molecule has 8 heteroatoms. The quantitative estimate of drug-likeness (QED) is 0.288. The zero-order chi connectivity index (χ0) is 17.8. The molecule has 3 rings (SSSR count). The standard InChI is InChI=1S/C17H14N4O4/c1-25-17(24)13(23)7-12(22)14-15-16(19-9-18-14)21(10-20-15)8-11-5-3-2-4-6-11/h2-6,9-10H,7-8H2,1H3. The first-order chi connectivity index (χ1) is 12.1. The first kappa shape index (κ1) is 16.4. The molecule has 0 spiro atoms. The molecule has 0 aliphatic heterocycles. The average molecular weight is 338 g/mol. The van der Waals surface area contributed by atoms with Gasteiger partial charge in [-0.05, 0) is 5.56 Å². The van der Waals surface area contributed by atoms with E-state index in [1.165, 1.54) is 6.33 Å². The minimum absolute atomic E-state index is 0.00839. The van der Waals surface area contributed by atoms with Crippen molar-refractivity contribution in [2.75, 3.05) is 7.11 Å². The van der Waals surface area contributed by atoms with Crippen molar-refractivity contribution in [2.45, 2.75) is 13.0 Å². The van der Waals surface area contributed by atoms with Crippen molar-refractivity contribution in [3.63, 3.8) is 0 Å². The van der Waals surface area contributed by atoms with Crippen molar-refractivity contribution in [2.24, 2.45) is 0 Å². The van der Waals surface area contributed by atoms with Gasteiger partial charge in [0.25, 0.3) is 0 Å². The van der Waals surface area contributed by atoms with E-state index in [2.05, 4.69) is 19.7 Å². The lowest BCUT2D eigenvalue weighted by atomic mass is 10.1.